The summed E-state index contributed by atoms with van der Waals surface area (Å²) in [6.07, 6.45) is -2.05. The fourth-order valence-electron chi connectivity index (χ4n) is 3.45. The number of anilines is 2. The lowest BCUT2D eigenvalue weighted by molar-refractivity contribution is -0.118. The molecule has 2 amide bonds. The van der Waals surface area contributed by atoms with Gasteiger partial charge in [-0.25, -0.2) is 23.5 Å². The quantitative estimate of drug-likeness (QED) is 0.767. The molecule has 0 radical (unpaired) electrons. The minimum atomic E-state index is -2.76. The van der Waals surface area contributed by atoms with E-state index in [-0.39, 0.29) is 18.5 Å². The number of halogens is 2. The van der Waals surface area contributed by atoms with Crippen LogP contribution in [-0.4, -0.2) is 53.3 Å². The Kier molecular flexibility index (Phi) is 4.96. The van der Waals surface area contributed by atoms with Crippen molar-refractivity contribution >= 4 is 23.5 Å². The normalized spacial score (nSPS) is 21.4. The molecule has 1 unspecified atom stereocenters. The molecule has 2 aliphatic rings. The number of ether oxygens (including phenoxy) is 2. The maximum Gasteiger partial charge on any atom is 0.416 e. The third kappa shape index (κ3) is 3.40. The van der Waals surface area contributed by atoms with E-state index in [4.69, 9.17) is 15.2 Å². The van der Waals surface area contributed by atoms with Gasteiger partial charge in [0, 0.05) is 18.0 Å². The number of carbonyl (C=O) groups excluding carboxylic acids is 2. The zero-order valence-corrected chi connectivity index (χ0v) is 16.3. The molecule has 9 nitrogen and oxygen atoms in total. The van der Waals surface area contributed by atoms with Crippen LogP contribution >= 0.6 is 0 Å². The van der Waals surface area contributed by atoms with Crippen LogP contribution in [0.5, 0.6) is 5.75 Å². The smallest absolute Gasteiger partial charge is 0.416 e. The number of imidazole rings is 1. The Morgan fingerprint density at radius 1 is 1.33 bits per heavy atom. The Morgan fingerprint density at radius 2 is 2.10 bits per heavy atom. The molecule has 30 heavy (non-hydrogen) atoms. The second-order valence-corrected chi connectivity index (χ2v) is 7.32. The number of fused-ring (bicyclic) bond motifs is 3. The molecule has 0 bridgehead atoms. The number of rotatable bonds is 5. The molecule has 3 N–H and O–H groups in total. The van der Waals surface area contributed by atoms with Crippen LogP contribution in [0, 0.1) is 0 Å². The van der Waals surface area contributed by atoms with E-state index in [2.05, 4.69) is 10.3 Å². The van der Waals surface area contributed by atoms with Gasteiger partial charge in [0.1, 0.15) is 36.9 Å². The van der Waals surface area contributed by atoms with Crippen LogP contribution in [0.2, 0.25) is 0 Å². The summed E-state index contributed by atoms with van der Waals surface area (Å²) in [4.78, 5) is 28.7. The maximum absolute atomic E-state index is 13.4. The lowest BCUT2D eigenvalue weighted by Gasteiger charge is -2.18. The summed E-state index contributed by atoms with van der Waals surface area (Å²) >= 11 is 0. The molecule has 1 saturated heterocycles. The van der Waals surface area contributed by atoms with Crippen LogP contribution in [0.3, 0.4) is 0 Å². The fraction of sp³-hybridized carbons (Fsp3) is 0.421. The van der Waals surface area contributed by atoms with Crippen molar-refractivity contribution < 1.29 is 27.8 Å². The van der Waals surface area contributed by atoms with Crippen molar-refractivity contribution in [2.45, 2.75) is 38.4 Å². The number of primary amides is 1. The number of benzene rings is 1. The number of amides is 2. The molecule has 0 spiro atoms. The number of aromatic nitrogens is 2. The van der Waals surface area contributed by atoms with Gasteiger partial charge in [-0.3, -0.25) is 4.79 Å². The van der Waals surface area contributed by atoms with Gasteiger partial charge in [0.05, 0.1) is 11.6 Å². The van der Waals surface area contributed by atoms with Crippen LogP contribution in [0.1, 0.15) is 19.9 Å². The number of carbonyl (C=O) groups is 2. The van der Waals surface area contributed by atoms with E-state index < -0.39 is 30.5 Å². The second-order valence-electron chi connectivity index (χ2n) is 7.32. The predicted octanol–water partition coefficient (Wildman–Crippen LogP) is 2.38. The van der Waals surface area contributed by atoms with E-state index in [1.807, 2.05) is 6.92 Å². The molecular weight excluding hydrogens is 400 g/mol. The third-order valence-corrected chi connectivity index (χ3v) is 5.15. The molecule has 1 aromatic heterocycles. The summed E-state index contributed by atoms with van der Waals surface area (Å²) < 4.78 is 39.2. The second kappa shape index (κ2) is 7.47. The van der Waals surface area contributed by atoms with Crippen LogP contribution in [0.25, 0.3) is 11.4 Å². The highest BCUT2D eigenvalue weighted by atomic mass is 19.3. The molecule has 4 rings (SSSR count). The molecule has 3 atom stereocenters. The summed E-state index contributed by atoms with van der Waals surface area (Å²) in [5, 5.41) is 2.99. The number of hydrogen-bond acceptors (Lipinski definition) is 6. The molecule has 0 saturated carbocycles. The fourth-order valence-corrected chi connectivity index (χ4v) is 3.45. The third-order valence-electron chi connectivity index (χ3n) is 5.15. The topological polar surface area (TPSA) is 112 Å². The van der Waals surface area contributed by atoms with Gasteiger partial charge >= 0.3 is 6.09 Å². The van der Waals surface area contributed by atoms with Gasteiger partial charge in [0.25, 0.3) is 6.43 Å². The lowest BCUT2D eigenvalue weighted by atomic mass is 10.1. The number of nitrogens with one attached hydrogen (secondary N) is 1. The van der Waals surface area contributed by atoms with E-state index in [0.717, 1.165) is 4.90 Å². The van der Waals surface area contributed by atoms with Crippen molar-refractivity contribution in [3.63, 3.8) is 0 Å². The number of nitrogens with two attached hydrogens (primary N) is 1. The van der Waals surface area contributed by atoms with E-state index in [1.54, 1.807) is 35.9 Å². The molecular formula is C19H21F2N5O4. The highest BCUT2D eigenvalue weighted by Gasteiger charge is 2.42. The van der Waals surface area contributed by atoms with Gasteiger partial charge in [0.15, 0.2) is 5.82 Å². The first-order valence-electron chi connectivity index (χ1n) is 9.42. The Bertz CT molecular complexity index is 995. The molecule has 3 heterocycles. The Morgan fingerprint density at radius 3 is 2.80 bits per heavy atom. The number of alkyl halides is 2. The zero-order chi connectivity index (χ0) is 21.6. The standard InChI is InChI=1S/C19H21F2N5O4/c1-9-7-29-14-5-11(23-10(2)17(22)27)3-4-12(14)18-24-15(6-25(9)18)26-13(16(20)21)8-30-19(26)28/h3-6,9-10,13,16,23H,7-8H2,1-2H3,(H2,22,27)/t9-,10-,13?/m0/s1. The van der Waals surface area contributed by atoms with Crippen molar-refractivity contribution in [3.05, 3.63) is 24.4 Å². The van der Waals surface area contributed by atoms with Gasteiger partial charge in [-0.2, -0.15) is 0 Å². The minimum Gasteiger partial charge on any atom is -0.491 e. The average molecular weight is 421 g/mol. The van der Waals surface area contributed by atoms with Crippen molar-refractivity contribution in [1.29, 1.82) is 0 Å². The van der Waals surface area contributed by atoms with Crippen LogP contribution < -0.4 is 20.7 Å². The van der Waals surface area contributed by atoms with E-state index in [0.29, 0.717) is 29.4 Å². The van der Waals surface area contributed by atoms with Gasteiger partial charge in [-0.15, -0.1) is 0 Å². The van der Waals surface area contributed by atoms with E-state index >= 15 is 0 Å². The van der Waals surface area contributed by atoms with Crippen LogP contribution in [0.4, 0.5) is 25.1 Å². The first-order chi connectivity index (χ1) is 14.3. The number of hydrogen-bond donors (Lipinski definition) is 2. The summed E-state index contributed by atoms with van der Waals surface area (Å²) in [6, 6.07) is 3.08. The lowest BCUT2D eigenvalue weighted by Crippen LogP contribution is -2.38. The molecule has 11 heteroatoms. The Hall–Kier alpha value is -3.37. The van der Waals surface area contributed by atoms with Crippen LogP contribution in [0.15, 0.2) is 24.4 Å². The molecule has 2 aliphatic heterocycles. The average Bonchev–Trinajstić information content (AvgIpc) is 3.26. The zero-order valence-electron chi connectivity index (χ0n) is 16.3. The largest absolute Gasteiger partial charge is 0.491 e. The van der Waals surface area contributed by atoms with Gasteiger partial charge in [-0.05, 0) is 26.0 Å². The Labute approximate surface area is 170 Å². The molecule has 2 aromatic rings. The molecule has 160 valence electrons. The monoisotopic (exact) mass is 421 g/mol. The summed E-state index contributed by atoms with van der Waals surface area (Å²) in [5.41, 5.74) is 6.55. The van der Waals surface area contributed by atoms with E-state index in [9.17, 15) is 18.4 Å². The van der Waals surface area contributed by atoms with E-state index in [1.165, 1.54) is 0 Å². The summed E-state index contributed by atoms with van der Waals surface area (Å²) in [5.74, 6) is 0.592. The Balaban J connectivity index is 1.72. The maximum atomic E-state index is 13.4. The van der Waals surface area contributed by atoms with Gasteiger partial charge < -0.3 is 25.1 Å². The SMILES string of the molecule is C[C@H](Nc1ccc2c(c1)OC[C@H](C)n1cc(N3C(=O)OCC3C(F)F)nc1-2)C(N)=O. The first kappa shape index (κ1) is 19.9. The first-order valence-corrected chi connectivity index (χ1v) is 9.42. The molecule has 0 aliphatic carbocycles. The molecule has 1 aromatic carbocycles. The highest BCUT2D eigenvalue weighted by molar-refractivity contribution is 5.90. The van der Waals surface area contributed by atoms with Crippen molar-refractivity contribution in [2.24, 2.45) is 5.73 Å². The van der Waals surface area contributed by atoms with Crippen molar-refractivity contribution in [3.8, 4) is 17.1 Å². The molecule has 1 fully saturated rings. The predicted molar refractivity (Wildman–Crippen MR) is 104 cm³/mol. The summed E-state index contributed by atoms with van der Waals surface area (Å²) in [6.45, 7) is 3.45. The van der Waals surface area contributed by atoms with Gasteiger partial charge in [0.2, 0.25) is 5.91 Å². The van der Waals surface area contributed by atoms with Crippen molar-refractivity contribution in [2.75, 3.05) is 23.4 Å². The number of cyclic esters (lactones) is 1. The number of nitrogens with zero attached hydrogens (tertiary/aromatic N) is 3. The minimum absolute atomic E-state index is 0.0991. The van der Waals surface area contributed by atoms with Crippen molar-refractivity contribution in [1.82, 2.24) is 9.55 Å². The summed E-state index contributed by atoms with van der Waals surface area (Å²) in [7, 11) is 0. The highest BCUT2D eigenvalue weighted by Crippen LogP contribution is 2.39. The van der Waals surface area contributed by atoms with Gasteiger partial charge in [-0.1, -0.05) is 0 Å². The van der Waals surface area contributed by atoms with Crippen LogP contribution in [-0.2, 0) is 9.53 Å².